The number of carbonyl (C=O) groups excluding carboxylic acids is 3. The highest BCUT2D eigenvalue weighted by Crippen LogP contribution is 2.31. The summed E-state index contributed by atoms with van der Waals surface area (Å²) in [4.78, 5) is 41.0. The Morgan fingerprint density at radius 3 is 2.47 bits per heavy atom. The lowest BCUT2D eigenvalue weighted by atomic mass is 10.0. The van der Waals surface area contributed by atoms with Gasteiger partial charge in [0.25, 0.3) is 17.7 Å². The van der Waals surface area contributed by atoms with Crippen molar-refractivity contribution in [2.75, 3.05) is 27.3 Å². The van der Waals surface area contributed by atoms with Gasteiger partial charge in [-0.1, -0.05) is 29.3 Å². The molecule has 1 aliphatic heterocycles. The smallest absolute Gasteiger partial charge is 0.261 e. The number of nitrogens with zero attached hydrogens (tertiary/aromatic N) is 2. The van der Waals surface area contributed by atoms with Crippen LogP contribution in [0.4, 0.5) is 0 Å². The average Bonchev–Trinajstić information content (AvgIpc) is 2.96. The van der Waals surface area contributed by atoms with Crippen molar-refractivity contribution in [3.8, 4) is 0 Å². The first kappa shape index (κ1) is 22.3. The van der Waals surface area contributed by atoms with E-state index in [4.69, 9.17) is 27.9 Å². The van der Waals surface area contributed by atoms with E-state index in [2.05, 4.69) is 0 Å². The van der Waals surface area contributed by atoms with Crippen LogP contribution >= 0.6 is 23.2 Å². The SMILES string of the molecule is COCCCN1C(=O)c2ccc(C(=O)N(C)[C@@H](C)c3ccc(Cl)cc3Cl)cc2C1=O. The summed E-state index contributed by atoms with van der Waals surface area (Å²) in [5.41, 5.74) is 1.64. The van der Waals surface area contributed by atoms with Crippen molar-refractivity contribution in [2.24, 2.45) is 0 Å². The average molecular weight is 449 g/mol. The van der Waals surface area contributed by atoms with E-state index < -0.39 is 5.91 Å². The van der Waals surface area contributed by atoms with Gasteiger partial charge in [-0.2, -0.15) is 0 Å². The molecular formula is C22H22Cl2N2O4. The van der Waals surface area contributed by atoms with E-state index in [-0.39, 0.29) is 30.0 Å². The van der Waals surface area contributed by atoms with Gasteiger partial charge in [0, 0.05) is 42.9 Å². The second kappa shape index (κ2) is 9.16. The number of carbonyl (C=O) groups is 3. The van der Waals surface area contributed by atoms with Crippen molar-refractivity contribution in [3.63, 3.8) is 0 Å². The Bertz CT molecular complexity index is 1010. The van der Waals surface area contributed by atoms with Crippen molar-refractivity contribution in [2.45, 2.75) is 19.4 Å². The van der Waals surface area contributed by atoms with Crippen LogP contribution in [-0.2, 0) is 4.74 Å². The molecule has 8 heteroatoms. The quantitative estimate of drug-likeness (QED) is 0.463. The minimum atomic E-state index is -0.391. The largest absolute Gasteiger partial charge is 0.385 e. The third kappa shape index (κ3) is 4.21. The maximum absolute atomic E-state index is 13.0. The first-order valence-electron chi connectivity index (χ1n) is 9.47. The fourth-order valence-corrected chi connectivity index (χ4v) is 3.99. The first-order chi connectivity index (χ1) is 14.3. The van der Waals surface area contributed by atoms with Crippen LogP contribution < -0.4 is 0 Å². The summed E-state index contributed by atoms with van der Waals surface area (Å²) >= 11 is 12.2. The number of rotatable bonds is 7. The molecule has 0 aliphatic carbocycles. The van der Waals surface area contributed by atoms with Gasteiger partial charge < -0.3 is 9.64 Å². The van der Waals surface area contributed by atoms with Gasteiger partial charge in [0.1, 0.15) is 0 Å². The van der Waals surface area contributed by atoms with Crippen LogP contribution in [-0.4, -0.2) is 54.8 Å². The molecule has 30 heavy (non-hydrogen) atoms. The molecule has 0 spiro atoms. The maximum atomic E-state index is 13.0. The number of halogens is 2. The molecule has 0 unspecified atom stereocenters. The molecule has 0 aromatic heterocycles. The van der Waals surface area contributed by atoms with E-state index in [0.717, 1.165) is 5.56 Å². The summed E-state index contributed by atoms with van der Waals surface area (Å²) < 4.78 is 4.98. The summed E-state index contributed by atoms with van der Waals surface area (Å²) in [7, 11) is 3.23. The Hall–Kier alpha value is -2.41. The van der Waals surface area contributed by atoms with E-state index in [1.165, 1.54) is 21.9 Å². The number of fused-ring (bicyclic) bond motifs is 1. The summed E-state index contributed by atoms with van der Waals surface area (Å²) in [6, 6.07) is 9.40. The van der Waals surface area contributed by atoms with Crippen molar-refractivity contribution in [3.05, 3.63) is 68.7 Å². The summed E-state index contributed by atoms with van der Waals surface area (Å²) in [5.74, 6) is -1.02. The molecular weight excluding hydrogens is 427 g/mol. The van der Waals surface area contributed by atoms with Gasteiger partial charge in [-0.3, -0.25) is 19.3 Å². The van der Waals surface area contributed by atoms with Crippen LogP contribution in [0.25, 0.3) is 0 Å². The van der Waals surface area contributed by atoms with Crippen LogP contribution in [0.15, 0.2) is 36.4 Å². The van der Waals surface area contributed by atoms with Crippen molar-refractivity contribution in [1.29, 1.82) is 0 Å². The Kier molecular flexibility index (Phi) is 6.81. The molecule has 2 aromatic rings. The summed E-state index contributed by atoms with van der Waals surface area (Å²) in [6.07, 6.45) is 0.551. The zero-order chi connectivity index (χ0) is 22.0. The van der Waals surface area contributed by atoms with E-state index in [1.807, 2.05) is 6.92 Å². The van der Waals surface area contributed by atoms with E-state index in [9.17, 15) is 14.4 Å². The molecule has 6 nitrogen and oxygen atoms in total. The Balaban J connectivity index is 1.82. The van der Waals surface area contributed by atoms with Gasteiger partial charge in [0.2, 0.25) is 0 Å². The van der Waals surface area contributed by atoms with Gasteiger partial charge in [0.15, 0.2) is 0 Å². The molecule has 1 aliphatic rings. The predicted molar refractivity (Wildman–Crippen MR) is 115 cm³/mol. The lowest BCUT2D eigenvalue weighted by Gasteiger charge is -2.26. The molecule has 3 amide bonds. The van der Waals surface area contributed by atoms with Crippen LogP contribution in [0.5, 0.6) is 0 Å². The van der Waals surface area contributed by atoms with Crippen LogP contribution in [0.1, 0.15) is 56.0 Å². The predicted octanol–water partition coefficient (Wildman–Crippen LogP) is 4.46. The van der Waals surface area contributed by atoms with E-state index in [0.29, 0.717) is 34.2 Å². The molecule has 2 aromatic carbocycles. The standard InChI is InChI=1S/C22H22Cl2N2O4/c1-13(16-8-6-15(23)12-19(16)24)25(2)20(27)14-5-7-17-18(11-14)22(29)26(21(17)28)9-4-10-30-3/h5-8,11-13H,4,9-10H2,1-3H3/t13-/m0/s1. The minimum absolute atomic E-state index is 0.244. The molecule has 158 valence electrons. The molecule has 0 saturated carbocycles. The Morgan fingerprint density at radius 2 is 1.80 bits per heavy atom. The van der Waals surface area contributed by atoms with Gasteiger partial charge in [-0.15, -0.1) is 0 Å². The van der Waals surface area contributed by atoms with Crippen LogP contribution in [0.2, 0.25) is 10.0 Å². The number of hydrogen-bond acceptors (Lipinski definition) is 4. The fraction of sp³-hybridized carbons (Fsp3) is 0.318. The van der Waals surface area contributed by atoms with Crippen LogP contribution in [0.3, 0.4) is 0 Å². The second-order valence-corrected chi connectivity index (χ2v) is 7.97. The third-order valence-corrected chi connectivity index (χ3v) is 5.82. The van der Waals surface area contributed by atoms with Gasteiger partial charge in [0.05, 0.1) is 17.2 Å². The second-order valence-electron chi connectivity index (χ2n) is 7.13. The van der Waals surface area contributed by atoms with E-state index in [1.54, 1.807) is 38.4 Å². The zero-order valence-electron chi connectivity index (χ0n) is 16.9. The molecule has 0 bridgehead atoms. The number of benzene rings is 2. The fourth-order valence-electron chi connectivity index (χ4n) is 3.42. The van der Waals surface area contributed by atoms with E-state index >= 15 is 0 Å². The minimum Gasteiger partial charge on any atom is -0.385 e. The lowest BCUT2D eigenvalue weighted by Crippen LogP contribution is -2.31. The van der Waals surface area contributed by atoms with Crippen molar-refractivity contribution >= 4 is 40.9 Å². The topological polar surface area (TPSA) is 66.9 Å². The highest BCUT2D eigenvalue weighted by molar-refractivity contribution is 6.35. The number of amides is 3. The highest BCUT2D eigenvalue weighted by Gasteiger charge is 2.36. The first-order valence-corrected chi connectivity index (χ1v) is 10.2. The molecule has 1 heterocycles. The highest BCUT2D eigenvalue weighted by atomic mass is 35.5. The molecule has 3 rings (SSSR count). The molecule has 1 atom stereocenters. The summed E-state index contributed by atoms with van der Waals surface area (Å²) in [6.45, 7) is 2.58. The lowest BCUT2D eigenvalue weighted by molar-refractivity contribution is 0.0638. The molecule has 0 radical (unpaired) electrons. The van der Waals surface area contributed by atoms with Gasteiger partial charge in [-0.05, 0) is 49.2 Å². The molecule has 0 fully saturated rings. The zero-order valence-corrected chi connectivity index (χ0v) is 18.5. The normalized spacial score (nSPS) is 14.1. The van der Waals surface area contributed by atoms with Crippen molar-refractivity contribution in [1.82, 2.24) is 9.80 Å². The van der Waals surface area contributed by atoms with Crippen molar-refractivity contribution < 1.29 is 19.1 Å². The Labute approximate surface area is 185 Å². The van der Waals surface area contributed by atoms with Crippen LogP contribution in [0, 0.1) is 0 Å². The number of methoxy groups -OCH3 is 1. The van der Waals surface area contributed by atoms with Gasteiger partial charge in [-0.25, -0.2) is 0 Å². The molecule has 0 N–H and O–H groups in total. The third-order valence-electron chi connectivity index (χ3n) is 5.26. The summed E-state index contributed by atoms with van der Waals surface area (Å²) in [5, 5.41) is 0.984. The number of ether oxygens (including phenoxy) is 1. The molecule has 0 saturated heterocycles. The monoisotopic (exact) mass is 448 g/mol. The number of hydrogen-bond donors (Lipinski definition) is 0. The Morgan fingerprint density at radius 1 is 1.10 bits per heavy atom. The maximum Gasteiger partial charge on any atom is 0.261 e. The number of imide groups is 1. The van der Waals surface area contributed by atoms with Gasteiger partial charge >= 0.3 is 0 Å².